The average molecular weight is 632 g/mol. The van der Waals surface area contributed by atoms with Crippen LogP contribution in [0, 0.1) is 6.92 Å². The maximum atomic E-state index is 13.6. The summed E-state index contributed by atoms with van der Waals surface area (Å²) < 4.78 is 26.1. The number of nitrogens with zero attached hydrogens (tertiary/aromatic N) is 2. The molecule has 11 heteroatoms. The highest BCUT2D eigenvalue weighted by Gasteiger charge is 2.31. The van der Waals surface area contributed by atoms with Gasteiger partial charge in [0.1, 0.15) is 0 Å². The molecular formula is C31H36Cl2N4O4S. The van der Waals surface area contributed by atoms with Crippen LogP contribution in [-0.4, -0.2) is 73.0 Å². The zero-order chi connectivity index (χ0) is 30.0. The Morgan fingerprint density at radius 1 is 1.07 bits per heavy atom. The van der Waals surface area contributed by atoms with Crippen molar-refractivity contribution in [3.8, 4) is 0 Å². The van der Waals surface area contributed by atoms with E-state index >= 15 is 0 Å². The number of halogens is 2. The molecule has 3 aliphatic rings. The molecule has 3 saturated heterocycles. The third-order valence-corrected chi connectivity index (χ3v) is 10.4. The summed E-state index contributed by atoms with van der Waals surface area (Å²) in [7, 11) is -3.67. The molecule has 224 valence electrons. The van der Waals surface area contributed by atoms with Crippen LogP contribution >= 0.6 is 23.2 Å². The van der Waals surface area contributed by atoms with Gasteiger partial charge < -0.3 is 20.1 Å². The molecule has 2 N–H and O–H groups in total. The first-order valence-electron chi connectivity index (χ1n) is 14.3. The van der Waals surface area contributed by atoms with Crippen LogP contribution in [0.5, 0.6) is 0 Å². The smallest absolute Gasteiger partial charge is 0.256 e. The zero-order valence-electron chi connectivity index (χ0n) is 23.9. The summed E-state index contributed by atoms with van der Waals surface area (Å²) in [4.78, 5) is 34.4. The summed E-state index contributed by atoms with van der Waals surface area (Å²) in [5.41, 5.74) is 3.44. The molecule has 2 aromatic rings. The minimum Gasteiger partial charge on any atom is -0.358 e. The maximum Gasteiger partial charge on any atom is 0.256 e. The second-order valence-electron chi connectivity index (χ2n) is 11.1. The quantitative estimate of drug-likeness (QED) is 0.405. The van der Waals surface area contributed by atoms with E-state index in [2.05, 4.69) is 15.2 Å². The molecule has 0 bridgehead atoms. The number of amides is 2. The minimum absolute atomic E-state index is 0.0690. The van der Waals surface area contributed by atoms with Crippen molar-refractivity contribution in [2.75, 3.05) is 31.9 Å². The van der Waals surface area contributed by atoms with Crippen molar-refractivity contribution in [1.29, 1.82) is 0 Å². The van der Waals surface area contributed by atoms with Crippen molar-refractivity contribution in [1.82, 2.24) is 20.1 Å². The van der Waals surface area contributed by atoms with Gasteiger partial charge in [-0.2, -0.15) is 0 Å². The van der Waals surface area contributed by atoms with Crippen molar-refractivity contribution in [3.05, 3.63) is 85.8 Å². The lowest BCUT2D eigenvalue weighted by atomic mass is 10.0. The third kappa shape index (κ3) is 6.70. The number of carbonyl (C=O) groups excluding carboxylic acids is 2. The first-order chi connectivity index (χ1) is 20.1. The summed E-state index contributed by atoms with van der Waals surface area (Å²) in [6.07, 6.45) is 9.31. The van der Waals surface area contributed by atoms with Gasteiger partial charge in [-0.3, -0.25) is 9.59 Å². The van der Waals surface area contributed by atoms with Crippen molar-refractivity contribution in [2.45, 2.75) is 51.3 Å². The molecule has 0 unspecified atom stereocenters. The Kier molecular flexibility index (Phi) is 9.32. The topological polar surface area (TPSA) is 103 Å². The van der Waals surface area contributed by atoms with Crippen molar-refractivity contribution >= 4 is 50.9 Å². The molecule has 0 radical (unpaired) electrons. The van der Waals surface area contributed by atoms with E-state index in [1.54, 1.807) is 37.3 Å². The summed E-state index contributed by atoms with van der Waals surface area (Å²) >= 11 is 12.4. The van der Waals surface area contributed by atoms with Crippen LogP contribution < -0.4 is 5.32 Å². The number of benzene rings is 1. The number of nitrogens with one attached hydrogen (secondary N) is 2. The number of allylic oxidation sites excluding steroid dienone is 2. The number of aromatic amines is 1. The van der Waals surface area contributed by atoms with Crippen molar-refractivity contribution in [2.24, 2.45) is 0 Å². The first-order valence-corrected chi connectivity index (χ1v) is 16.9. The maximum absolute atomic E-state index is 13.6. The molecule has 0 aliphatic carbocycles. The van der Waals surface area contributed by atoms with Crippen LogP contribution in [0.15, 0.2) is 53.3 Å². The number of H-pyrrole nitrogens is 1. The molecule has 1 aromatic heterocycles. The van der Waals surface area contributed by atoms with Crippen molar-refractivity contribution < 1.29 is 18.0 Å². The fraction of sp³-hybridized carbons (Fsp3) is 0.419. The summed E-state index contributed by atoms with van der Waals surface area (Å²) in [5.74, 6) is -1.09. The predicted octanol–water partition coefficient (Wildman–Crippen LogP) is 5.29. The largest absolute Gasteiger partial charge is 0.358 e. The average Bonchev–Trinajstić information content (AvgIpc) is 3.69. The molecule has 0 spiro atoms. The Morgan fingerprint density at radius 3 is 2.38 bits per heavy atom. The molecular weight excluding hydrogens is 595 g/mol. The second-order valence-corrected chi connectivity index (χ2v) is 14.1. The highest BCUT2D eigenvalue weighted by Crippen LogP contribution is 2.31. The number of piperidine rings is 1. The lowest BCUT2D eigenvalue weighted by molar-refractivity contribution is -0.115. The monoisotopic (exact) mass is 630 g/mol. The van der Waals surface area contributed by atoms with Gasteiger partial charge in [-0.05, 0) is 76.9 Å². The number of aromatic nitrogens is 1. The predicted molar refractivity (Wildman–Crippen MR) is 167 cm³/mol. The van der Waals surface area contributed by atoms with E-state index in [4.69, 9.17) is 23.2 Å². The molecule has 2 amide bonds. The van der Waals surface area contributed by atoms with Crippen LogP contribution in [0.4, 0.5) is 0 Å². The number of sulfone groups is 1. The SMILES string of the molecule is C/C=C1/NC(=O)C(=C\c2[nH]c(C)cc2C(=O)N2CCC(N3CCCC3)CC2)/C1=C/CS(=O)(=O)Cc1c(Cl)cccc1Cl. The number of hydrogen-bond donors (Lipinski definition) is 2. The van der Waals surface area contributed by atoms with Crippen LogP contribution in [0.1, 0.15) is 59.9 Å². The standard InChI is InChI=1S/C31H36Cl2N4O4S/c1-3-28-22(11-16-42(40,41)19-25-26(32)7-6-8-27(25)33)23(30(38)35-28)18-29-24(17-20(2)34-29)31(39)37-14-9-21(10-15-37)36-12-4-5-13-36/h3,6-8,11,17-18,21,34H,4-5,9-10,12-16,19H2,1-2H3,(H,35,38)/b22-11-,23-18-,28-3+. The van der Waals surface area contributed by atoms with Gasteiger partial charge in [-0.1, -0.05) is 41.4 Å². The van der Waals surface area contributed by atoms with Crippen LogP contribution in [-0.2, 0) is 20.4 Å². The number of carbonyl (C=O) groups is 2. The van der Waals surface area contributed by atoms with Gasteiger partial charge in [0.05, 0.1) is 28.3 Å². The van der Waals surface area contributed by atoms with E-state index in [0.29, 0.717) is 47.2 Å². The molecule has 0 saturated carbocycles. The van der Waals surface area contributed by atoms with E-state index in [1.165, 1.54) is 18.9 Å². The first kappa shape index (κ1) is 30.6. The number of hydrogen-bond acceptors (Lipinski definition) is 5. The van der Waals surface area contributed by atoms with Crippen LogP contribution in [0.3, 0.4) is 0 Å². The Morgan fingerprint density at radius 2 is 1.74 bits per heavy atom. The van der Waals surface area contributed by atoms with E-state index in [9.17, 15) is 18.0 Å². The Labute approximate surface area is 257 Å². The summed E-state index contributed by atoms with van der Waals surface area (Å²) in [6.45, 7) is 7.32. The Bertz CT molecular complexity index is 1560. The summed E-state index contributed by atoms with van der Waals surface area (Å²) in [5, 5.41) is 3.38. The zero-order valence-corrected chi connectivity index (χ0v) is 26.2. The minimum atomic E-state index is -3.67. The number of rotatable bonds is 7. The Hall–Kier alpha value is -2.85. The van der Waals surface area contributed by atoms with E-state index in [1.807, 2.05) is 17.9 Å². The van der Waals surface area contributed by atoms with Gasteiger partial charge in [0.15, 0.2) is 9.84 Å². The van der Waals surface area contributed by atoms with Gasteiger partial charge in [-0.15, -0.1) is 0 Å². The van der Waals surface area contributed by atoms with Gasteiger partial charge in [0, 0.05) is 51.7 Å². The van der Waals surface area contributed by atoms with Crippen LogP contribution in [0.2, 0.25) is 10.0 Å². The van der Waals surface area contributed by atoms with Gasteiger partial charge in [-0.25, -0.2) is 8.42 Å². The molecule has 3 aliphatic heterocycles. The molecule has 3 fully saturated rings. The molecule has 1 aromatic carbocycles. The molecule has 4 heterocycles. The fourth-order valence-electron chi connectivity index (χ4n) is 6.03. The summed E-state index contributed by atoms with van der Waals surface area (Å²) in [6, 6.07) is 7.20. The second kappa shape index (κ2) is 12.8. The highest BCUT2D eigenvalue weighted by atomic mass is 35.5. The van der Waals surface area contributed by atoms with Gasteiger partial charge in [0.2, 0.25) is 0 Å². The molecule has 8 nitrogen and oxygen atoms in total. The third-order valence-electron chi connectivity index (χ3n) is 8.24. The molecule has 0 atom stereocenters. The highest BCUT2D eigenvalue weighted by molar-refractivity contribution is 7.90. The Balaban J connectivity index is 1.38. The van der Waals surface area contributed by atoms with Crippen LogP contribution in [0.25, 0.3) is 6.08 Å². The molecule has 5 rings (SSSR count). The van der Waals surface area contributed by atoms with E-state index in [0.717, 1.165) is 31.6 Å². The normalized spacial score (nSPS) is 21.7. The molecule has 42 heavy (non-hydrogen) atoms. The number of likely N-dealkylation sites (tertiary alicyclic amines) is 2. The fourth-order valence-corrected chi connectivity index (χ4v) is 8.01. The van der Waals surface area contributed by atoms with E-state index in [-0.39, 0.29) is 38.9 Å². The van der Waals surface area contributed by atoms with Crippen molar-refractivity contribution in [3.63, 3.8) is 0 Å². The van der Waals surface area contributed by atoms with E-state index < -0.39 is 9.84 Å². The lowest BCUT2D eigenvalue weighted by Gasteiger charge is -2.36. The van der Waals surface area contributed by atoms with Gasteiger partial charge in [0.25, 0.3) is 11.8 Å². The number of aryl methyl sites for hydroxylation is 1. The lowest BCUT2D eigenvalue weighted by Crippen LogP contribution is -2.46. The van der Waals surface area contributed by atoms with Gasteiger partial charge >= 0.3 is 0 Å².